The normalized spacial score (nSPS) is 10.4. The number of aromatic carboxylic acids is 1. The zero-order valence-electron chi connectivity index (χ0n) is 13.9. The Kier molecular flexibility index (Phi) is 5.59. The van der Waals surface area contributed by atoms with Crippen molar-refractivity contribution < 1.29 is 14.3 Å². The molecule has 3 rings (SSSR count). The number of halogens is 2. The molecule has 4 nitrogen and oxygen atoms in total. The molecule has 0 aliphatic heterocycles. The smallest absolute Gasteiger partial charge is 0.356 e. The quantitative estimate of drug-likeness (QED) is 0.746. The molecule has 0 aliphatic rings. The number of nitrogens with zero attached hydrogens (tertiary/aromatic N) is 2. The monoisotopic (exact) mass is 360 g/mol. The molecule has 0 spiro atoms. The van der Waals surface area contributed by atoms with Gasteiger partial charge in [-0.3, -0.25) is 4.68 Å². The van der Waals surface area contributed by atoms with Gasteiger partial charge in [-0.1, -0.05) is 42.0 Å². The van der Waals surface area contributed by atoms with E-state index in [0.717, 1.165) is 16.7 Å². The SMILES string of the molecule is Cc1ccc(-c2cc(C(=O)O)nn2Cc2ccc(C)c(F)c2)cc1.Cl. The van der Waals surface area contributed by atoms with Gasteiger partial charge in [0.15, 0.2) is 5.69 Å². The first kappa shape index (κ1) is 18.7. The van der Waals surface area contributed by atoms with E-state index < -0.39 is 5.97 Å². The number of carboxylic acids is 1. The van der Waals surface area contributed by atoms with Crippen molar-refractivity contribution in [3.8, 4) is 11.3 Å². The van der Waals surface area contributed by atoms with Crippen molar-refractivity contribution in [3.63, 3.8) is 0 Å². The van der Waals surface area contributed by atoms with Gasteiger partial charge >= 0.3 is 5.97 Å². The van der Waals surface area contributed by atoms with E-state index in [1.54, 1.807) is 17.7 Å². The van der Waals surface area contributed by atoms with Gasteiger partial charge in [0.25, 0.3) is 0 Å². The summed E-state index contributed by atoms with van der Waals surface area (Å²) in [6.07, 6.45) is 0. The lowest BCUT2D eigenvalue weighted by Gasteiger charge is -2.09. The van der Waals surface area contributed by atoms with Crippen LogP contribution in [0.3, 0.4) is 0 Å². The molecular weight excluding hydrogens is 343 g/mol. The maximum Gasteiger partial charge on any atom is 0.356 e. The second-order valence-electron chi connectivity index (χ2n) is 5.83. The minimum atomic E-state index is -1.09. The third-order valence-electron chi connectivity index (χ3n) is 3.92. The molecule has 0 radical (unpaired) electrons. The highest BCUT2D eigenvalue weighted by Crippen LogP contribution is 2.23. The summed E-state index contributed by atoms with van der Waals surface area (Å²) >= 11 is 0. The predicted molar refractivity (Wildman–Crippen MR) is 96.8 cm³/mol. The van der Waals surface area contributed by atoms with E-state index in [4.69, 9.17) is 0 Å². The molecule has 0 unspecified atom stereocenters. The van der Waals surface area contributed by atoms with Crippen molar-refractivity contribution in [1.82, 2.24) is 9.78 Å². The fraction of sp³-hybridized carbons (Fsp3) is 0.158. The topological polar surface area (TPSA) is 55.1 Å². The average Bonchev–Trinajstić information content (AvgIpc) is 2.96. The van der Waals surface area contributed by atoms with Crippen LogP contribution in [0.4, 0.5) is 4.39 Å². The van der Waals surface area contributed by atoms with E-state index >= 15 is 0 Å². The first-order valence-electron chi connectivity index (χ1n) is 7.57. The van der Waals surface area contributed by atoms with E-state index in [9.17, 15) is 14.3 Å². The van der Waals surface area contributed by atoms with Gasteiger partial charge in [-0.2, -0.15) is 5.10 Å². The molecule has 1 heterocycles. The molecule has 0 saturated heterocycles. The summed E-state index contributed by atoms with van der Waals surface area (Å²) in [7, 11) is 0. The molecule has 2 aromatic carbocycles. The summed E-state index contributed by atoms with van der Waals surface area (Å²) < 4.78 is 15.4. The maximum atomic E-state index is 13.8. The Morgan fingerprint density at radius 2 is 1.80 bits per heavy atom. The van der Waals surface area contributed by atoms with E-state index in [1.807, 2.05) is 37.3 Å². The lowest BCUT2D eigenvalue weighted by Crippen LogP contribution is -2.06. The number of benzene rings is 2. The molecule has 0 atom stereocenters. The summed E-state index contributed by atoms with van der Waals surface area (Å²) in [4.78, 5) is 11.3. The Morgan fingerprint density at radius 3 is 2.40 bits per heavy atom. The standard InChI is InChI=1S/C19H17FN2O2.ClH/c1-12-3-7-15(8-4-12)18-10-17(19(23)24)21-22(18)11-14-6-5-13(2)16(20)9-14;/h3-10H,11H2,1-2H3,(H,23,24);1H. The van der Waals surface area contributed by atoms with Crippen molar-refractivity contribution >= 4 is 18.4 Å². The second-order valence-corrected chi connectivity index (χ2v) is 5.83. The number of hydrogen-bond acceptors (Lipinski definition) is 2. The molecule has 1 N–H and O–H groups in total. The number of carbonyl (C=O) groups is 1. The fourth-order valence-electron chi connectivity index (χ4n) is 2.51. The molecule has 0 amide bonds. The first-order chi connectivity index (χ1) is 11.4. The lowest BCUT2D eigenvalue weighted by molar-refractivity contribution is 0.0689. The minimum absolute atomic E-state index is 0. The Labute approximate surface area is 151 Å². The Hall–Kier alpha value is -2.66. The number of aromatic nitrogens is 2. The molecule has 0 bridgehead atoms. The summed E-state index contributed by atoms with van der Waals surface area (Å²) in [5.74, 6) is -1.37. The van der Waals surface area contributed by atoms with Gasteiger partial charge in [0.1, 0.15) is 5.82 Å². The fourth-order valence-corrected chi connectivity index (χ4v) is 2.51. The van der Waals surface area contributed by atoms with Crippen LogP contribution in [0.2, 0.25) is 0 Å². The summed E-state index contributed by atoms with van der Waals surface area (Å²) in [5.41, 5.74) is 3.94. The van der Waals surface area contributed by atoms with Crippen molar-refractivity contribution in [2.75, 3.05) is 0 Å². The van der Waals surface area contributed by atoms with Crippen LogP contribution in [-0.2, 0) is 6.54 Å². The average molecular weight is 361 g/mol. The van der Waals surface area contributed by atoms with Crippen molar-refractivity contribution in [2.45, 2.75) is 20.4 Å². The van der Waals surface area contributed by atoms with Crippen LogP contribution in [0.15, 0.2) is 48.5 Å². The highest BCUT2D eigenvalue weighted by Gasteiger charge is 2.15. The maximum absolute atomic E-state index is 13.8. The van der Waals surface area contributed by atoms with E-state index in [2.05, 4.69) is 5.10 Å². The molecule has 6 heteroatoms. The molecule has 0 aliphatic carbocycles. The molecular formula is C19H18ClFN2O2. The molecule has 25 heavy (non-hydrogen) atoms. The first-order valence-corrected chi connectivity index (χ1v) is 7.57. The van der Waals surface area contributed by atoms with Crippen LogP contribution >= 0.6 is 12.4 Å². The van der Waals surface area contributed by atoms with Gasteiger partial charge in [0, 0.05) is 0 Å². The van der Waals surface area contributed by atoms with Crippen LogP contribution in [0.25, 0.3) is 11.3 Å². The third-order valence-corrected chi connectivity index (χ3v) is 3.92. The number of rotatable bonds is 4. The van der Waals surface area contributed by atoms with Gasteiger partial charge in [-0.15, -0.1) is 12.4 Å². The van der Waals surface area contributed by atoms with Gasteiger partial charge < -0.3 is 5.11 Å². The van der Waals surface area contributed by atoms with Crippen LogP contribution in [-0.4, -0.2) is 20.9 Å². The number of carboxylic acid groups (broad SMARTS) is 1. The summed E-state index contributed by atoms with van der Waals surface area (Å²) in [5, 5.41) is 13.4. The van der Waals surface area contributed by atoms with E-state index in [1.165, 1.54) is 12.1 Å². The van der Waals surface area contributed by atoms with Gasteiger partial charge in [-0.05, 0) is 42.7 Å². The number of aryl methyl sites for hydroxylation is 2. The number of hydrogen-bond donors (Lipinski definition) is 1. The van der Waals surface area contributed by atoms with Gasteiger partial charge in [0.05, 0.1) is 12.2 Å². The predicted octanol–water partition coefficient (Wildman–Crippen LogP) is 4.47. The second kappa shape index (κ2) is 7.49. The molecule has 0 fully saturated rings. The van der Waals surface area contributed by atoms with E-state index in [-0.39, 0.29) is 23.9 Å². The lowest BCUT2D eigenvalue weighted by atomic mass is 10.1. The zero-order chi connectivity index (χ0) is 17.3. The minimum Gasteiger partial charge on any atom is -0.476 e. The highest BCUT2D eigenvalue weighted by atomic mass is 35.5. The summed E-state index contributed by atoms with van der Waals surface area (Å²) in [6, 6.07) is 14.3. The Bertz CT molecular complexity index is 904. The molecule has 3 aromatic rings. The molecule has 130 valence electrons. The van der Waals surface area contributed by atoms with Crippen molar-refractivity contribution in [2.24, 2.45) is 0 Å². The van der Waals surface area contributed by atoms with Crippen LogP contribution in [0, 0.1) is 19.7 Å². The van der Waals surface area contributed by atoms with Gasteiger partial charge in [-0.25, -0.2) is 9.18 Å². The molecule has 1 aromatic heterocycles. The Balaban J connectivity index is 0.00000225. The molecule has 0 saturated carbocycles. The third kappa shape index (κ3) is 4.06. The highest BCUT2D eigenvalue weighted by molar-refractivity contribution is 5.87. The largest absolute Gasteiger partial charge is 0.476 e. The Morgan fingerprint density at radius 1 is 1.12 bits per heavy atom. The van der Waals surface area contributed by atoms with Gasteiger partial charge in [0.2, 0.25) is 0 Å². The van der Waals surface area contributed by atoms with Crippen LogP contribution < -0.4 is 0 Å². The van der Waals surface area contributed by atoms with Crippen molar-refractivity contribution in [1.29, 1.82) is 0 Å². The van der Waals surface area contributed by atoms with Crippen LogP contribution in [0.1, 0.15) is 27.2 Å². The van der Waals surface area contributed by atoms with Crippen molar-refractivity contribution in [3.05, 3.63) is 76.7 Å². The summed E-state index contributed by atoms with van der Waals surface area (Å²) in [6.45, 7) is 3.99. The zero-order valence-corrected chi connectivity index (χ0v) is 14.7. The van der Waals surface area contributed by atoms with Crippen LogP contribution in [0.5, 0.6) is 0 Å². The van der Waals surface area contributed by atoms with E-state index in [0.29, 0.717) is 17.8 Å².